The van der Waals surface area contributed by atoms with Gasteiger partial charge in [0, 0.05) is 5.69 Å². The van der Waals surface area contributed by atoms with E-state index in [1.165, 1.54) is 29.2 Å². The van der Waals surface area contributed by atoms with E-state index < -0.39 is 17.9 Å². The van der Waals surface area contributed by atoms with E-state index in [1.54, 1.807) is 24.3 Å². The Kier molecular flexibility index (Phi) is 4.38. The van der Waals surface area contributed by atoms with Crippen LogP contribution in [0.4, 0.5) is 16.2 Å². The van der Waals surface area contributed by atoms with Crippen LogP contribution in [-0.4, -0.2) is 36.2 Å². The van der Waals surface area contributed by atoms with Crippen LogP contribution in [-0.2, 0) is 4.79 Å². The molecule has 2 aromatic carbocycles. The molecule has 0 spiro atoms. The number of rotatable bonds is 5. The van der Waals surface area contributed by atoms with Crippen LogP contribution in [0.5, 0.6) is 5.75 Å². The molecule has 0 bridgehead atoms. The minimum atomic E-state index is -1.12. The summed E-state index contributed by atoms with van der Waals surface area (Å²) in [6.07, 6.45) is 0. The van der Waals surface area contributed by atoms with Crippen molar-refractivity contribution in [3.05, 3.63) is 54.1 Å². The first-order valence-corrected chi connectivity index (χ1v) is 7.72. The van der Waals surface area contributed by atoms with Crippen LogP contribution in [0.25, 0.3) is 0 Å². The van der Waals surface area contributed by atoms with Gasteiger partial charge in [0.2, 0.25) is 0 Å². The van der Waals surface area contributed by atoms with Gasteiger partial charge in [0.05, 0.1) is 17.9 Å². The second-order valence-corrected chi connectivity index (χ2v) is 5.38. The summed E-state index contributed by atoms with van der Waals surface area (Å²) in [4.78, 5) is 38.4. The van der Waals surface area contributed by atoms with Crippen molar-refractivity contribution in [3.63, 3.8) is 0 Å². The van der Waals surface area contributed by atoms with Crippen molar-refractivity contribution in [2.75, 3.05) is 23.0 Å². The highest BCUT2D eigenvalue weighted by Crippen LogP contribution is 2.28. The van der Waals surface area contributed by atoms with Crippen LogP contribution in [0.15, 0.2) is 48.5 Å². The lowest BCUT2D eigenvalue weighted by molar-refractivity contribution is -0.115. The van der Waals surface area contributed by atoms with Gasteiger partial charge in [-0.05, 0) is 49.4 Å². The molecule has 0 saturated carbocycles. The molecule has 1 aliphatic heterocycles. The highest BCUT2D eigenvalue weighted by Gasteiger charge is 2.38. The Morgan fingerprint density at radius 3 is 2.48 bits per heavy atom. The Labute approximate surface area is 144 Å². The summed E-state index contributed by atoms with van der Waals surface area (Å²) in [6.45, 7) is 2.30. The fourth-order valence-corrected chi connectivity index (χ4v) is 2.62. The number of hydrogen-bond donors (Lipinski definition) is 1. The minimum Gasteiger partial charge on any atom is -0.494 e. The van der Waals surface area contributed by atoms with Crippen molar-refractivity contribution in [2.24, 2.45) is 0 Å². The van der Waals surface area contributed by atoms with Crippen molar-refractivity contribution < 1.29 is 24.2 Å². The maximum atomic E-state index is 12.7. The number of ether oxygens (including phenoxy) is 1. The molecule has 1 saturated heterocycles. The van der Waals surface area contributed by atoms with Crippen LogP contribution in [0.2, 0.25) is 0 Å². The number of aromatic carboxylic acids is 1. The Hall–Kier alpha value is -3.35. The fraction of sp³-hybridized carbons (Fsp3) is 0.167. The van der Waals surface area contributed by atoms with E-state index in [4.69, 9.17) is 9.84 Å². The number of carboxylic acids is 1. The van der Waals surface area contributed by atoms with E-state index in [-0.39, 0.29) is 17.8 Å². The van der Waals surface area contributed by atoms with Crippen molar-refractivity contribution in [1.82, 2.24) is 0 Å². The fourth-order valence-electron chi connectivity index (χ4n) is 2.62. The first-order chi connectivity index (χ1) is 12.0. The lowest BCUT2D eigenvalue weighted by atomic mass is 10.2. The molecule has 7 nitrogen and oxygen atoms in total. The van der Waals surface area contributed by atoms with E-state index >= 15 is 0 Å². The van der Waals surface area contributed by atoms with Gasteiger partial charge in [0.15, 0.2) is 0 Å². The van der Waals surface area contributed by atoms with E-state index in [2.05, 4.69) is 0 Å². The molecule has 25 heavy (non-hydrogen) atoms. The zero-order valence-corrected chi connectivity index (χ0v) is 13.5. The molecule has 0 aromatic heterocycles. The van der Waals surface area contributed by atoms with E-state index in [9.17, 15) is 14.4 Å². The number of nitrogens with zero attached hydrogens (tertiary/aromatic N) is 2. The molecule has 3 rings (SSSR count). The molecular formula is C18H16N2O5. The molecular weight excluding hydrogens is 324 g/mol. The quantitative estimate of drug-likeness (QED) is 0.846. The maximum absolute atomic E-state index is 12.7. The van der Waals surface area contributed by atoms with E-state index in [0.717, 1.165) is 4.90 Å². The summed E-state index contributed by atoms with van der Waals surface area (Å²) in [5, 5.41) is 9.07. The van der Waals surface area contributed by atoms with Gasteiger partial charge in [-0.15, -0.1) is 0 Å². The van der Waals surface area contributed by atoms with Crippen LogP contribution < -0.4 is 14.5 Å². The summed E-state index contributed by atoms with van der Waals surface area (Å²) in [5.74, 6) is -0.860. The Bertz CT molecular complexity index is 832. The van der Waals surface area contributed by atoms with Crippen molar-refractivity contribution in [1.29, 1.82) is 0 Å². The number of amides is 3. The zero-order valence-electron chi connectivity index (χ0n) is 13.5. The molecule has 0 unspecified atom stereocenters. The van der Waals surface area contributed by atoms with Gasteiger partial charge < -0.3 is 9.84 Å². The molecule has 2 aromatic rings. The van der Waals surface area contributed by atoms with E-state index in [1.807, 2.05) is 6.92 Å². The number of benzene rings is 2. The monoisotopic (exact) mass is 340 g/mol. The SMILES string of the molecule is CCOc1ccc(N2CC(=O)N(c3cccc(C(=O)O)c3)C2=O)cc1. The van der Waals surface area contributed by atoms with Gasteiger partial charge >= 0.3 is 12.0 Å². The summed E-state index contributed by atoms with van der Waals surface area (Å²) in [7, 11) is 0. The van der Waals surface area contributed by atoms with E-state index in [0.29, 0.717) is 18.0 Å². The third kappa shape index (κ3) is 3.16. The van der Waals surface area contributed by atoms with Gasteiger partial charge in [-0.2, -0.15) is 0 Å². The first-order valence-electron chi connectivity index (χ1n) is 7.72. The van der Waals surface area contributed by atoms with Gasteiger partial charge in [-0.3, -0.25) is 9.69 Å². The number of anilines is 2. The van der Waals surface area contributed by atoms with Gasteiger partial charge in [0.1, 0.15) is 12.3 Å². The van der Waals surface area contributed by atoms with Crippen molar-refractivity contribution >= 4 is 29.3 Å². The van der Waals surface area contributed by atoms with Crippen molar-refractivity contribution in [3.8, 4) is 5.75 Å². The second kappa shape index (κ2) is 6.64. The maximum Gasteiger partial charge on any atom is 0.336 e. The predicted molar refractivity (Wildman–Crippen MR) is 91.2 cm³/mol. The smallest absolute Gasteiger partial charge is 0.336 e. The lowest BCUT2D eigenvalue weighted by Crippen LogP contribution is -2.33. The number of carbonyl (C=O) groups is 3. The van der Waals surface area contributed by atoms with Gasteiger partial charge in [-0.1, -0.05) is 6.07 Å². The number of carboxylic acid groups (broad SMARTS) is 1. The Morgan fingerprint density at radius 1 is 1.12 bits per heavy atom. The average Bonchev–Trinajstić information content (AvgIpc) is 2.90. The summed E-state index contributed by atoms with van der Waals surface area (Å²) in [6, 6.07) is 12.1. The third-order valence-corrected chi connectivity index (χ3v) is 3.78. The molecule has 128 valence electrons. The predicted octanol–water partition coefficient (Wildman–Crippen LogP) is 2.76. The highest BCUT2D eigenvalue weighted by atomic mass is 16.5. The van der Waals surface area contributed by atoms with Crippen molar-refractivity contribution in [2.45, 2.75) is 6.92 Å². The number of urea groups is 1. The number of carbonyl (C=O) groups excluding carboxylic acids is 2. The van der Waals surface area contributed by atoms with Crippen LogP contribution >= 0.6 is 0 Å². The largest absolute Gasteiger partial charge is 0.494 e. The molecule has 1 heterocycles. The molecule has 0 atom stereocenters. The summed E-state index contributed by atoms with van der Waals surface area (Å²) >= 11 is 0. The molecule has 1 aliphatic rings. The first kappa shape index (κ1) is 16.5. The summed E-state index contributed by atoms with van der Waals surface area (Å²) < 4.78 is 5.36. The molecule has 7 heteroatoms. The Balaban J connectivity index is 1.87. The molecule has 1 fully saturated rings. The van der Waals surface area contributed by atoms with Gasteiger partial charge in [-0.25, -0.2) is 14.5 Å². The average molecular weight is 340 g/mol. The van der Waals surface area contributed by atoms with Crippen LogP contribution in [0.1, 0.15) is 17.3 Å². The lowest BCUT2D eigenvalue weighted by Gasteiger charge is -2.17. The third-order valence-electron chi connectivity index (χ3n) is 3.78. The molecule has 1 N–H and O–H groups in total. The van der Waals surface area contributed by atoms with Gasteiger partial charge in [0.25, 0.3) is 5.91 Å². The number of imide groups is 1. The molecule has 0 radical (unpaired) electrons. The van der Waals surface area contributed by atoms with Crippen LogP contribution in [0.3, 0.4) is 0 Å². The Morgan fingerprint density at radius 2 is 1.84 bits per heavy atom. The number of hydrogen-bond acceptors (Lipinski definition) is 4. The highest BCUT2D eigenvalue weighted by molar-refractivity contribution is 6.27. The normalized spacial score (nSPS) is 14.1. The topological polar surface area (TPSA) is 87.2 Å². The molecule has 3 amide bonds. The second-order valence-electron chi connectivity index (χ2n) is 5.38. The standard InChI is InChI=1S/C18H16N2O5/c1-2-25-15-8-6-13(7-9-15)19-11-16(21)20(18(19)24)14-5-3-4-12(10-14)17(22)23/h3-10H,2,11H2,1H3,(H,22,23). The zero-order chi connectivity index (χ0) is 18.0. The minimum absolute atomic E-state index is 0.0117. The van der Waals surface area contributed by atoms with Crippen LogP contribution in [0, 0.1) is 0 Å². The molecule has 0 aliphatic carbocycles. The summed E-state index contributed by atoms with van der Waals surface area (Å²) in [5.41, 5.74) is 0.819.